The summed E-state index contributed by atoms with van der Waals surface area (Å²) in [5.74, 6) is 0.813. The smallest absolute Gasteiger partial charge is 0.189 e. The average Bonchev–Trinajstić information content (AvgIpc) is 2.55. The molecule has 0 aromatic carbocycles. The molecule has 2 aromatic heterocycles. The first kappa shape index (κ1) is 15.4. The predicted molar refractivity (Wildman–Crippen MR) is 88.1 cm³/mol. The maximum atomic E-state index is 12.5. The molecule has 7 nitrogen and oxygen atoms in total. The first-order valence-electron chi connectivity index (χ1n) is 7.69. The Morgan fingerprint density at radius 3 is 2.87 bits per heavy atom. The molecule has 0 radical (unpaired) electrons. The Kier molecular flexibility index (Phi) is 4.47. The summed E-state index contributed by atoms with van der Waals surface area (Å²) in [5.41, 5.74) is 12.9. The van der Waals surface area contributed by atoms with E-state index in [4.69, 9.17) is 11.5 Å². The molecule has 4 N–H and O–H groups in total. The van der Waals surface area contributed by atoms with Crippen LogP contribution in [0.4, 0.5) is 11.6 Å². The molecule has 1 aliphatic heterocycles. The lowest BCUT2D eigenvalue weighted by Gasteiger charge is -2.32. The third-order valence-electron chi connectivity index (χ3n) is 3.97. The van der Waals surface area contributed by atoms with E-state index in [2.05, 4.69) is 19.9 Å². The number of ketones is 1. The SMILES string of the molecule is Nc1nccnc1C(=O)Cc1cccnc1N1CCCC(N)C1. The van der Waals surface area contributed by atoms with Gasteiger partial charge in [0.25, 0.3) is 0 Å². The number of carbonyl (C=O) groups excluding carboxylic acids is 1. The lowest BCUT2D eigenvalue weighted by molar-refractivity contribution is 0.0989. The Balaban J connectivity index is 1.83. The van der Waals surface area contributed by atoms with Crippen molar-refractivity contribution < 1.29 is 4.79 Å². The van der Waals surface area contributed by atoms with E-state index < -0.39 is 0 Å². The lowest BCUT2D eigenvalue weighted by atomic mass is 10.0. The second-order valence-corrected chi connectivity index (χ2v) is 5.72. The number of nitrogens with two attached hydrogens (primary N) is 2. The largest absolute Gasteiger partial charge is 0.382 e. The zero-order valence-electron chi connectivity index (χ0n) is 12.9. The number of piperidine rings is 1. The van der Waals surface area contributed by atoms with Gasteiger partial charge in [0.1, 0.15) is 11.5 Å². The summed E-state index contributed by atoms with van der Waals surface area (Å²) in [6, 6.07) is 3.88. The van der Waals surface area contributed by atoms with Crippen LogP contribution in [0.25, 0.3) is 0 Å². The van der Waals surface area contributed by atoms with Crippen LogP contribution >= 0.6 is 0 Å². The predicted octanol–water partition coefficient (Wildman–Crippen LogP) is 0.807. The molecule has 0 spiro atoms. The fourth-order valence-electron chi connectivity index (χ4n) is 2.88. The molecular weight excluding hydrogens is 292 g/mol. The molecule has 1 saturated heterocycles. The molecule has 1 fully saturated rings. The Morgan fingerprint density at radius 1 is 1.26 bits per heavy atom. The minimum absolute atomic E-state index is 0.143. The Hall–Kier alpha value is -2.54. The number of rotatable bonds is 4. The van der Waals surface area contributed by atoms with E-state index in [0.717, 1.165) is 37.3 Å². The highest BCUT2D eigenvalue weighted by Crippen LogP contribution is 2.23. The zero-order valence-corrected chi connectivity index (χ0v) is 12.9. The number of nitrogens with zero attached hydrogens (tertiary/aromatic N) is 4. The minimum Gasteiger partial charge on any atom is -0.382 e. The highest BCUT2D eigenvalue weighted by molar-refractivity contribution is 5.99. The van der Waals surface area contributed by atoms with Gasteiger partial charge in [-0.2, -0.15) is 0 Å². The quantitative estimate of drug-likeness (QED) is 0.803. The van der Waals surface area contributed by atoms with Gasteiger partial charge in [-0.05, 0) is 18.9 Å². The van der Waals surface area contributed by atoms with Crippen molar-refractivity contribution in [3.63, 3.8) is 0 Å². The van der Waals surface area contributed by atoms with Crippen molar-refractivity contribution in [1.82, 2.24) is 15.0 Å². The number of Topliss-reactive ketones (excluding diaryl/α,β-unsaturated/α-hetero) is 1. The lowest BCUT2D eigenvalue weighted by Crippen LogP contribution is -2.43. The normalized spacial score (nSPS) is 18.0. The fraction of sp³-hybridized carbons (Fsp3) is 0.375. The van der Waals surface area contributed by atoms with E-state index in [1.807, 2.05) is 12.1 Å². The number of hydrogen-bond acceptors (Lipinski definition) is 7. The van der Waals surface area contributed by atoms with E-state index in [0.29, 0.717) is 0 Å². The van der Waals surface area contributed by atoms with Crippen LogP contribution in [0.5, 0.6) is 0 Å². The van der Waals surface area contributed by atoms with Gasteiger partial charge >= 0.3 is 0 Å². The third kappa shape index (κ3) is 3.45. The molecule has 0 amide bonds. The van der Waals surface area contributed by atoms with E-state index in [1.54, 1.807) is 6.20 Å². The van der Waals surface area contributed by atoms with Gasteiger partial charge < -0.3 is 16.4 Å². The van der Waals surface area contributed by atoms with Crippen LogP contribution in [0.3, 0.4) is 0 Å². The van der Waals surface area contributed by atoms with Gasteiger partial charge in [0.2, 0.25) is 0 Å². The summed E-state index contributed by atoms with van der Waals surface area (Å²) >= 11 is 0. The fourth-order valence-corrected chi connectivity index (χ4v) is 2.88. The van der Waals surface area contributed by atoms with Crippen LogP contribution in [0, 0.1) is 0 Å². The molecule has 1 unspecified atom stereocenters. The molecular formula is C16H20N6O. The number of aromatic nitrogens is 3. The molecule has 2 aromatic rings. The summed E-state index contributed by atoms with van der Waals surface area (Å²) in [7, 11) is 0. The van der Waals surface area contributed by atoms with Gasteiger partial charge in [0.15, 0.2) is 11.6 Å². The van der Waals surface area contributed by atoms with Crippen LogP contribution in [0.2, 0.25) is 0 Å². The molecule has 0 saturated carbocycles. The van der Waals surface area contributed by atoms with E-state index >= 15 is 0 Å². The zero-order chi connectivity index (χ0) is 16.2. The molecule has 120 valence electrons. The summed E-state index contributed by atoms with van der Waals surface area (Å²) in [5, 5.41) is 0. The molecule has 3 heterocycles. The highest BCUT2D eigenvalue weighted by atomic mass is 16.1. The van der Waals surface area contributed by atoms with Crippen molar-refractivity contribution in [3.8, 4) is 0 Å². The monoisotopic (exact) mass is 312 g/mol. The van der Waals surface area contributed by atoms with Crippen LogP contribution < -0.4 is 16.4 Å². The van der Waals surface area contributed by atoms with E-state index in [1.165, 1.54) is 12.4 Å². The number of carbonyl (C=O) groups is 1. The maximum absolute atomic E-state index is 12.5. The molecule has 1 aliphatic rings. The molecule has 23 heavy (non-hydrogen) atoms. The molecule has 3 rings (SSSR count). The summed E-state index contributed by atoms with van der Waals surface area (Å²) in [6.45, 7) is 1.66. The van der Waals surface area contributed by atoms with Gasteiger partial charge in [-0.25, -0.2) is 15.0 Å². The number of hydrogen-bond donors (Lipinski definition) is 2. The van der Waals surface area contributed by atoms with Crippen LogP contribution in [0.15, 0.2) is 30.7 Å². The standard InChI is InChI=1S/C16H20N6O/c17-12-4-2-8-22(10-12)16-11(3-1-5-21-16)9-13(23)14-15(18)20-7-6-19-14/h1,3,5-7,12H,2,4,8-10,17H2,(H2,18,20). The Labute approximate surface area is 134 Å². The molecule has 7 heteroatoms. The van der Waals surface area contributed by atoms with Crippen molar-refractivity contribution in [3.05, 3.63) is 42.0 Å². The minimum atomic E-state index is -0.161. The van der Waals surface area contributed by atoms with Crippen LogP contribution in [-0.4, -0.2) is 39.9 Å². The van der Waals surface area contributed by atoms with Gasteiger partial charge in [0.05, 0.1) is 0 Å². The summed E-state index contributed by atoms with van der Waals surface area (Å²) in [6.07, 6.45) is 6.92. The van der Waals surface area contributed by atoms with Crippen molar-refractivity contribution in [2.45, 2.75) is 25.3 Å². The third-order valence-corrected chi connectivity index (χ3v) is 3.97. The van der Waals surface area contributed by atoms with Gasteiger partial charge in [0, 0.05) is 49.7 Å². The Bertz CT molecular complexity index is 704. The van der Waals surface area contributed by atoms with Gasteiger partial charge in [-0.1, -0.05) is 6.07 Å². The highest BCUT2D eigenvalue weighted by Gasteiger charge is 2.22. The van der Waals surface area contributed by atoms with Crippen molar-refractivity contribution in [2.24, 2.45) is 5.73 Å². The number of nitrogen functional groups attached to an aromatic ring is 1. The van der Waals surface area contributed by atoms with E-state index in [9.17, 15) is 4.79 Å². The van der Waals surface area contributed by atoms with Crippen molar-refractivity contribution >= 4 is 17.4 Å². The molecule has 0 aliphatic carbocycles. The van der Waals surface area contributed by atoms with Crippen molar-refractivity contribution in [1.29, 1.82) is 0 Å². The first-order chi connectivity index (χ1) is 11.1. The van der Waals surface area contributed by atoms with Crippen LogP contribution in [0.1, 0.15) is 28.9 Å². The second kappa shape index (κ2) is 6.70. The topological polar surface area (TPSA) is 111 Å². The van der Waals surface area contributed by atoms with Gasteiger partial charge in [-0.3, -0.25) is 4.79 Å². The molecule has 0 bridgehead atoms. The number of pyridine rings is 1. The first-order valence-corrected chi connectivity index (χ1v) is 7.69. The van der Waals surface area contributed by atoms with Crippen molar-refractivity contribution in [2.75, 3.05) is 23.7 Å². The number of anilines is 2. The summed E-state index contributed by atoms with van der Waals surface area (Å²) in [4.78, 5) is 27.0. The summed E-state index contributed by atoms with van der Waals surface area (Å²) < 4.78 is 0. The van der Waals surface area contributed by atoms with Crippen LogP contribution in [-0.2, 0) is 6.42 Å². The average molecular weight is 312 g/mol. The maximum Gasteiger partial charge on any atom is 0.189 e. The second-order valence-electron chi connectivity index (χ2n) is 5.72. The molecule has 1 atom stereocenters. The Morgan fingerprint density at radius 2 is 2.09 bits per heavy atom. The van der Waals surface area contributed by atoms with E-state index in [-0.39, 0.29) is 29.8 Å². The van der Waals surface area contributed by atoms with Gasteiger partial charge in [-0.15, -0.1) is 0 Å².